The molecule has 1 heterocycles. The van der Waals surface area contributed by atoms with E-state index in [-0.39, 0.29) is 17.2 Å². The second kappa shape index (κ2) is 5.69. The third-order valence-electron chi connectivity index (χ3n) is 2.47. The van der Waals surface area contributed by atoms with Gasteiger partial charge in [0.15, 0.2) is 17.5 Å². The Morgan fingerprint density at radius 2 is 1.89 bits per heavy atom. The van der Waals surface area contributed by atoms with E-state index in [2.05, 4.69) is 15.3 Å². The number of anilines is 1. The number of nitrogens with zero attached hydrogens (tertiary/aromatic N) is 2. The highest BCUT2D eigenvalue weighted by Gasteiger charge is 2.11. The molecule has 0 aliphatic rings. The van der Waals surface area contributed by atoms with Crippen molar-refractivity contribution in [1.82, 2.24) is 9.97 Å². The molecule has 19 heavy (non-hydrogen) atoms. The molecule has 0 bridgehead atoms. The van der Waals surface area contributed by atoms with Crippen LogP contribution in [0.1, 0.15) is 13.3 Å². The van der Waals surface area contributed by atoms with Crippen LogP contribution in [0.15, 0.2) is 24.4 Å². The van der Waals surface area contributed by atoms with Gasteiger partial charge in [-0.2, -0.15) is 0 Å². The van der Waals surface area contributed by atoms with E-state index >= 15 is 0 Å². The van der Waals surface area contributed by atoms with Crippen LogP contribution < -0.4 is 5.32 Å². The van der Waals surface area contributed by atoms with Gasteiger partial charge in [-0.1, -0.05) is 6.92 Å². The molecule has 2 rings (SSSR count). The quantitative estimate of drug-likeness (QED) is 0.922. The molecule has 0 saturated carbocycles. The van der Waals surface area contributed by atoms with E-state index in [0.29, 0.717) is 6.54 Å². The number of hydrogen-bond donors (Lipinski definition) is 1. The van der Waals surface area contributed by atoms with Gasteiger partial charge in [0, 0.05) is 12.1 Å². The van der Waals surface area contributed by atoms with Crippen LogP contribution in [0.25, 0.3) is 11.3 Å². The summed E-state index contributed by atoms with van der Waals surface area (Å²) in [7, 11) is 0. The van der Waals surface area contributed by atoms with Crippen molar-refractivity contribution in [3.8, 4) is 11.3 Å². The summed E-state index contributed by atoms with van der Waals surface area (Å²) < 4.78 is 39.6. The molecule has 100 valence electrons. The monoisotopic (exact) mass is 267 g/mol. The second-order valence-electron chi connectivity index (χ2n) is 3.95. The van der Waals surface area contributed by atoms with E-state index in [0.717, 1.165) is 24.8 Å². The Balaban J connectivity index is 2.39. The summed E-state index contributed by atoms with van der Waals surface area (Å²) in [4.78, 5) is 7.74. The van der Waals surface area contributed by atoms with Gasteiger partial charge in [-0.15, -0.1) is 0 Å². The molecule has 0 aliphatic carbocycles. The molecule has 1 aromatic heterocycles. The molecule has 1 N–H and O–H groups in total. The van der Waals surface area contributed by atoms with Crippen LogP contribution in [0.5, 0.6) is 0 Å². The van der Waals surface area contributed by atoms with Crippen LogP contribution in [0.4, 0.5) is 19.1 Å². The number of aromatic nitrogens is 2. The van der Waals surface area contributed by atoms with Gasteiger partial charge < -0.3 is 5.32 Å². The van der Waals surface area contributed by atoms with Crippen molar-refractivity contribution in [2.75, 3.05) is 11.9 Å². The molecule has 0 aliphatic heterocycles. The Morgan fingerprint density at radius 3 is 2.58 bits per heavy atom. The Labute approximate surface area is 108 Å². The van der Waals surface area contributed by atoms with Gasteiger partial charge in [0.25, 0.3) is 0 Å². The maximum atomic E-state index is 13.6. The second-order valence-corrected chi connectivity index (χ2v) is 3.95. The van der Waals surface area contributed by atoms with Crippen LogP contribution in [0, 0.1) is 17.5 Å². The summed E-state index contributed by atoms with van der Waals surface area (Å²) in [5.41, 5.74) is 0.103. The van der Waals surface area contributed by atoms with E-state index in [4.69, 9.17) is 0 Å². The Hall–Kier alpha value is -2.11. The van der Waals surface area contributed by atoms with Gasteiger partial charge >= 0.3 is 0 Å². The van der Waals surface area contributed by atoms with Crippen molar-refractivity contribution >= 4 is 5.95 Å². The van der Waals surface area contributed by atoms with Gasteiger partial charge in [-0.3, -0.25) is 0 Å². The number of nitrogens with one attached hydrogen (secondary N) is 1. The Bertz CT molecular complexity index is 587. The third-order valence-corrected chi connectivity index (χ3v) is 2.47. The summed E-state index contributed by atoms with van der Waals surface area (Å²) in [6.07, 6.45) is 1.86. The molecule has 0 spiro atoms. The number of halogens is 3. The molecule has 1 aromatic carbocycles. The molecule has 0 amide bonds. The van der Waals surface area contributed by atoms with Crippen LogP contribution in [-0.4, -0.2) is 16.5 Å². The highest BCUT2D eigenvalue weighted by Crippen LogP contribution is 2.23. The number of hydrogen-bond acceptors (Lipinski definition) is 3. The first-order chi connectivity index (χ1) is 9.11. The van der Waals surface area contributed by atoms with E-state index in [9.17, 15) is 13.2 Å². The number of benzene rings is 1. The fraction of sp³-hybridized carbons (Fsp3) is 0.231. The Kier molecular flexibility index (Phi) is 3.99. The standard InChI is InChI=1S/C13H12F3N3/c1-2-5-17-13-18-7-11(16)12(19-13)8-3-4-9(14)10(15)6-8/h3-4,6-7H,2,5H2,1H3,(H,17,18,19). The minimum Gasteiger partial charge on any atom is -0.354 e. The van der Waals surface area contributed by atoms with Crippen molar-refractivity contribution < 1.29 is 13.2 Å². The minimum absolute atomic E-state index is 0.0625. The summed E-state index contributed by atoms with van der Waals surface area (Å²) in [6, 6.07) is 3.11. The van der Waals surface area contributed by atoms with Crippen molar-refractivity contribution in [3.05, 3.63) is 41.8 Å². The van der Waals surface area contributed by atoms with Gasteiger partial charge in [0.1, 0.15) is 5.69 Å². The Morgan fingerprint density at radius 1 is 1.11 bits per heavy atom. The lowest BCUT2D eigenvalue weighted by atomic mass is 10.1. The van der Waals surface area contributed by atoms with Crippen LogP contribution in [-0.2, 0) is 0 Å². The van der Waals surface area contributed by atoms with E-state index in [1.807, 2.05) is 6.92 Å². The van der Waals surface area contributed by atoms with Gasteiger partial charge in [0.2, 0.25) is 5.95 Å². The molecular formula is C13H12F3N3. The zero-order valence-corrected chi connectivity index (χ0v) is 10.3. The molecule has 2 aromatic rings. The molecule has 0 unspecified atom stereocenters. The highest BCUT2D eigenvalue weighted by molar-refractivity contribution is 5.60. The highest BCUT2D eigenvalue weighted by atomic mass is 19.2. The average molecular weight is 267 g/mol. The van der Waals surface area contributed by atoms with Crippen LogP contribution >= 0.6 is 0 Å². The smallest absolute Gasteiger partial charge is 0.223 e. The largest absolute Gasteiger partial charge is 0.354 e. The third kappa shape index (κ3) is 3.01. The van der Waals surface area contributed by atoms with Crippen molar-refractivity contribution in [3.63, 3.8) is 0 Å². The van der Waals surface area contributed by atoms with Crippen molar-refractivity contribution in [2.45, 2.75) is 13.3 Å². The summed E-state index contributed by atoms with van der Waals surface area (Å²) >= 11 is 0. The number of rotatable bonds is 4. The molecule has 3 nitrogen and oxygen atoms in total. The molecule has 0 saturated heterocycles. The summed E-state index contributed by atoms with van der Waals surface area (Å²) in [5, 5.41) is 2.90. The van der Waals surface area contributed by atoms with E-state index in [1.54, 1.807) is 0 Å². The van der Waals surface area contributed by atoms with E-state index in [1.165, 1.54) is 6.07 Å². The predicted octanol–water partition coefficient (Wildman–Crippen LogP) is 3.38. The van der Waals surface area contributed by atoms with Gasteiger partial charge in [-0.05, 0) is 24.6 Å². The van der Waals surface area contributed by atoms with Crippen molar-refractivity contribution in [1.29, 1.82) is 0 Å². The lowest BCUT2D eigenvalue weighted by Crippen LogP contribution is -2.06. The first kappa shape index (κ1) is 13.3. The fourth-order valence-electron chi connectivity index (χ4n) is 1.53. The topological polar surface area (TPSA) is 37.8 Å². The molecule has 6 heteroatoms. The predicted molar refractivity (Wildman–Crippen MR) is 66.1 cm³/mol. The summed E-state index contributed by atoms with van der Waals surface area (Å²) in [6.45, 7) is 2.61. The molecular weight excluding hydrogens is 255 g/mol. The van der Waals surface area contributed by atoms with Gasteiger partial charge in [0.05, 0.1) is 6.20 Å². The summed E-state index contributed by atoms with van der Waals surface area (Å²) in [5.74, 6) is -2.46. The first-order valence-electron chi connectivity index (χ1n) is 5.83. The minimum atomic E-state index is -1.04. The SMILES string of the molecule is CCCNc1ncc(F)c(-c2ccc(F)c(F)c2)n1. The average Bonchev–Trinajstić information content (AvgIpc) is 2.41. The van der Waals surface area contributed by atoms with Crippen molar-refractivity contribution in [2.24, 2.45) is 0 Å². The fourth-order valence-corrected chi connectivity index (χ4v) is 1.53. The van der Waals surface area contributed by atoms with E-state index < -0.39 is 17.5 Å². The molecule has 0 fully saturated rings. The maximum Gasteiger partial charge on any atom is 0.223 e. The normalized spacial score (nSPS) is 10.5. The first-order valence-corrected chi connectivity index (χ1v) is 5.83. The zero-order valence-electron chi connectivity index (χ0n) is 10.3. The maximum absolute atomic E-state index is 13.6. The zero-order chi connectivity index (χ0) is 13.8. The lowest BCUT2D eigenvalue weighted by Gasteiger charge is -2.07. The lowest BCUT2D eigenvalue weighted by molar-refractivity contribution is 0.509. The van der Waals surface area contributed by atoms with Crippen LogP contribution in [0.2, 0.25) is 0 Å². The van der Waals surface area contributed by atoms with Gasteiger partial charge in [-0.25, -0.2) is 23.1 Å². The molecule has 0 atom stereocenters. The molecule has 0 radical (unpaired) electrons. The van der Waals surface area contributed by atoms with Crippen LogP contribution in [0.3, 0.4) is 0 Å².